The fourth-order valence-electron chi connectivity index (χ4n) is 1.91. The predicted octanol–water partition coefficient (Wildman–Crippen LogP) is 4.20. The van der Waals surface area contributed by atoms with Crippen LogP contribution in [0.3, 0.4) is 0 Å². The van der Waals surface area contributed by atoms with Crippen molar-refractivity contribution in [2.75, 3.05) is 0 Å². The summed E-state index contributed by atoms with van der Waals surface area (Å²) in [5, 5.41) is 0. The molecule has 0 bridgehead atoms. The molecule has 0 aliphatic heterocycles. The van der Waals surface area contributed by atoms with Crippen LogP contribution in [-0.2, 0) is 6.42 Å². The summed E-state index contributed by atoms with van der Waals surface area (Å²) in [6.45, 7) is 3.93. The Bertz CT molecular complexity index is 428. The van der Waals surface area contributed by atoms with Gasteiger partial charge in [0, 0.05) is 5.92 Å². The van der Waals surface area contributed by atoms with Gasteiger partial charge in [-0.1, -0.05) is 66.7 Å². The zero-order valence-corrected chi connectivity index (χ0v) is 9.34. The molecule has 0 fully saturated rings. The molecule has 2 aromatic carbocycles. The van der Waals surface area contributed by atoms with Gasteiger partial charge in [-0.15, -0.1) is 6.58 Å². The third-order valence-corrected chi connectivity index (χ3v) is 2.81. The summed E-state index contributed by atoms with van der Waals surface area (Å²) in [7, 11) is 0. The van der Waals surface area contributed by atoms with Crippen LogP contribution in [0.1, 0.15) is 17.0 Å². The second-order valence-electron chi connectivity index (χ2n) is 3.94. The molecule has 0 saturated carbocycles. The van der Waals surface area contributed by atoms with Crippen molar-refractivity contribution in [3.8, 4) is 0 Å². The second kappa shape index (κ2) is 5.32. The first kappa shape index (κ1) is 10.7. The molecule has 80 valence electrons. The Morgan fingerprint density at radius 2 is 1.44 bits per heavy atom. The number of hydrogen-bond acceptors (Lipinski definition) is 0. The summed E-state index contributed by atoms with van der Waals surface area (Å²) >= 11 is 0. The summed E-state index contributed by atoms with van der Waals surface area (Å²) in [4.78, 5) is 0. The molecule has 0 spiro atoms. The zero-order valence-electron chi connectivity index (χ0n) is 9.34. The van der Waals surface area contributed by atoms with Gasteiger partial charge >= 0.3 is 0 Å². The lowest BCUT2D eigenvalue weighted by Crippen LogP contribution is -1.99. The van der Waals surface area contributed by atoms with Crippen LogP contribution in [0.25, 0.3) is 0 Å². The molecule has 1 atom stereocenters. The van der Waals surface area contributed by atoms with Crippen molar-refractivity contribution >= 4 is 0 Å². The number of allylic oxidation sites excluding steroid dienone is 1. The maximum atomic E-state index is 3.93. The molecule has 0 amide bonds. The highest BCUT2D eigenvalue weighted by Gasteiger charge is 2.07. The molecular formula is C16H16. The minimum absolute atomic E-state index is 0.406. The summed E-state index contributed by atoms with van der Waals surface area (Å²) in [6, 6.07) is 21.1. The van der Waals surface area contributed by atoms with Crippen molar-refractivity contribution in [3.05, 3.63) is 84.4 Å². The minimum atomic E-state index is 0.406. The van der Waals surface area contributed by atoms with Crippen LogP contribution >= 0.6 is 0 Å². The van der Waals surface area contributed by atoms with Crippen molar-refractivity contribution < 1.29 is 0 Å². The number of hydrogen-bond donors (Lipinski definition) is 0. The van der Waals surface area contributed by atoms with E-state index in [0.717, 1.165) is 6.42 Å². The van der Waals surface area contributed by atoms with Gasteiger partial charge in [0.15, 0.2) is 0 Å². The summed E-state index contributed by atoms with van der Waals surface area (Å²) in [5.74, 6) is 0.406. The maximum Gasteiger partial charge on any atom is 0.00557 e. The van der Waals surface area contributed by atoms with Crippen LogP contribution < -0.4 is 0 Å². The molecule has 0 aromatic heterocycles. The molecule has 0 radical (unpaired) electrons. The van der Waals surface area contributed by atoms with E-state index in [9.17, 15) is 0 Å². The molecule has 0 saturated heterocycles. The van der Waals surface area contributed by atoms with Gasteiger partial charge in [-0.05, 0) is 17.5 Å². The largest absolute Gasteiger partial charge is 0.102 e. The van der Waals surface area contributed by atoms with Crippen LogP contribution in [0.15, 0.2) is 73.3 Å². The molecule has 0 N–H and O–H groups in total. The normalized spacial score (nSPS) is 12.0. The maximum absolute atomic E-state index is 3.93. The predicted molar refractivity (Wildman–Crippen MR) is 69.5 cm³/mol. The second-order valence-corrected chi connectivity index (χ2v) is 3.94. The molecule has 16 heavy (non-hydrogen) atoms. The number of rotatable bonds is 4. The molecular weight excluding hydrogens is 192 g/mol. The van der Waals surface area contributed by atoms with E-state index in [1.165, 1.54) is 11.1 Å². The average Bonchev–Trinajstić information content (AvgIpc) is 2.38. The lowest BCUT2D eigenvalue weighted by atomic mass is 9.92. The van der Waals surface area contributed by atoms with Gasteiger partial charge in [-0.25, -0.2) is 0 Å². The van der Waals surface area contributed by atoms with E-state index < -0.39 is 0 Å². The Morgan fingerprint density at radius 1 is 0.875 bits per heavy atom. The summed E-state index contributed by atoms with van der Waals surface area (Å²) in [5.41, 5.74) is 2.69. The summed E-state index contributed by atoms with van der Waals surface area (Å²) in [6.07, 6.45) is 3.05. The van der Waals surface area contributed by atoms with Crippen molar-refractivity contribution in [2.45, 2.75) is 12.3 Å². The average molecular weight is 208 g/mol. The van der Waals surface area contributed by atoms with Gasteiger partial charge in [0.2, 0.25) is 0 Å². The van der Waals surface area contributed by atoms with E-state index >= 15 is 0 Å². The molecule has 0 aliphatic carbocycles. The Hall–Kier alpha value is -1.82. The SMILES string of the molecule is C=CC(Cc1ccccc1)c1ccccc1. The van der Waals surface area contributed by atoms with Gasteiger partial charge in [0.1, 0.15) is 0 Å². The molecule has 0 heteroatoms. The van der Waals surface area contributed by atoms with Gasteiger partial charge in [-0.2, -0.15) is 0 Å². The van der Waals surface area contributed by atoms with E-state index in [4.69, 9.17) is 0 Å². The first-order chi connectivity index (χ1) is 7.90. The molecule has 0 aliphatic rings. The van der Waals surface area contributed by atoms with Crippen LogP contribution in [0.5, 0.6) is 0 Å². The van der Waals surface area contributed by atoms with Crippen molar-refractivity contribution in [3.63, 3.8) is 0 Å². The minimum Gasteiger partial charge on any atom is -0.102 e. The fourth-order valence-corrected chi connectivity index (χ4v) is 1.91. The third-order valence-electron chi connectivity index (χ3n) is 2.81. The topological polar surface area (TPSA) is 0 Å². The monoisotopic (exact) mass is 208 g/mol. The van der Waals surface area contributed by atoms with Crippen LogP contribution in [0.2, 0.25) is 0 Å². The van der Waals surface area contributed by atoms with Gasteiger partial charge < -0.3 is 0 Å². The Balaban J connectivity index is 2.16. The Labute approximate surface area is 97.3 Å². The van der Waals surface area contributed by atoms with Gasteiger partial charge in [-0.3, -0.25) is 0 Å². The van der Waals surface area contributed by atoms with Crippen molar-refractivity contribution in [1.29, 1.82) is 0 Å². The van der Waals surface area contributed by atoms with Crippen LogP contribution in [0, 0.1) is 0 Å². The molecule has 2 aromatic rings. The fraction of sp³-hybridized carbons (Fsp3) is 0.125. The number of benzene rings is 2. The smallest absolute Gasteiger partial charge is 0.00557 e. The van der Waals surface area contributed by atoms with E-state index in [1.807, 2.05) is 12.1 Å². The molecule has 0 heterocycles. The van der Waals surface area contributed by atoms with Crippen molar-refractivity contribution in [2.24, 2.45) is 0 Å². The third kappa shape index (κ3) is 2.60. The van der Waals surface area contributed by atoms with Crippen LogP contribution in [0.4, 0.5) is 0 Å². The van der Waals surface area contributed by atoms with E-state index in [2.05, 4.69) is 61.2 Å². The molecule has 1 unspecified atom stereocenters. The quantitative estimate of drug-likeness (QED) is 0.661. The van der Waals surface area contributed by atoms with Gasteiger partial charge in [0.05, 0.1) is 0 Å². The lowest BCUT2D eigenvalue weighted by molar-refractivity contribution is 0.838. The first-order valence-corrected chi connectivity index (χ1v) is 5.61. The highest BCUT2D eigenvalue weighted by molar-refractivity contribution is 5.27. The van der Waals surface area contributed by atoms with Crippen LogP contribution in [-0.4, -0.2) is 0 Å². The molecule has 2 rings (SSSR count). The van der Waals surface area contributed by atoms with E-state index in [-0.39, 0.29) is 0 Å². The van der Waals surface area contributed by atoms with E-state index in [1.54, 1.807) is 0 Å². The summed E-state index contributed by atoms with van der Waals surface area (Å²) < 4.78 is 0. The Kier molecular flexibility index (Phi) is 3.55. The van der Waals surface area contributed by atoms with E-state index in [0.29, 0.717) is 5.92 Å². The van der Waals surface area contributed by atoms with Crippen molar-refractivity contribution in [1.82, 2.24) is 0 Å². The highest BCUT2D eigenvalue weighted by atomic mass is 14.1. The Morgan fingerprint density at radius 3 is 2.00 bits per heavy atom. The first-order valence-electron chi connectivity index (χ1n) is 5.61. The lowest BCUT2D eigenvalue weighted by Gasteiger charge is -2.12. The molecule has 0 nitrogen and oxygen atoms in total. The standard InChI is InChI=1S/C16H16/c1-2-15(16-11-7-4-8-12-16)13-14-9-5-3-6-10-14/h2-12,15H,1,13H2. The van der Waals surface area contributed by atoms with Gasteiger partial charge in [0.25, 0.3) is 0 Å². The zero-order chi connectivity index (χ0) is 11.2. The highest BCUT2D eigenvalue weighted by Crippen LogP contribution is 2.21.